The van der Waals surface area contributed by atoms with Gasteiger partial charge in [0.1, 0.15) is 0 Å². The van der Waals surface area contributed by atoms with Crippen LogP contribution in [0.3, 0.4) is 0 Å². The molecule has 3 aromatic carbocycles. The molecule has 4 rings (SSSR count). The summed E-state index contributed by atoms with van der Waals surface area (Å²) in [4.78, 5) is 12.5. The van der Waals surface area contributed by atoms with Gasteiger partial charge < -0.3 is 5.32 Å². The molecule has 0 unspecified atom stereocenters. The van der Waals surface area contributed by atoms with Crippen molar-refractivity contribution in [2.45, 2.75) is 19.0 Å². The molecule has 31 heavy (non-hydrogen) atoms. The molecule has 1 amide bonds. The second-order valence-electron chi connectivity index (χ2n) is 7.19. The quantitative estimate of drug-likeness (QED) is 0.371. The number of nitrogens with zero attached hydrogens (tertiary/aromatic N) is 3. The third-order valence-electron chi connectivity index (χ3n) is 4.66. The fourth-order valence-electron chi connectivity index (χ4n) is 3.13. The maximum atomic E-state index is 12.5. The Balaban J connectivity index is 1.60. The molecule has 156 valence electrons. The maximum absolute atomic E-state index is 12.5. The summed E-state index contributed by atoms with van der Waals surface area (Å²) in [6.45, 7) is 4.04. The van der Waals surface area contributed by atoms with Crippen LogP contribution in [0, 0.1) is 13.8 Å². The van der Waals surface area contributed by atoms with Crippen molar-refractivity contribution in [2.75, 3.05) is 11.1 Å². The van der Waals surface area contributed by atoms with Gasteiger partial charge in [-0.2, -0.15) is 0 Å². The first kappa shape index (κ1) is 21.2. The Bertz CT molecular complexity index is 1200. The van der Waals surface area contributed by atoms with Crippen LogP contribution in [0.1, 0.15) is 11.1 Å². The average Bonchev–Trinajstić information content (AvgIpc) is 3.17. The zero-order valence-electron chi connectivity index (χ0n) is 17.2. The molecule has 0 saturated heterocycles. The number of rotatable bonds is 6. The van der Waals surface area contributed by atoms with E-state index in [1.165, 1.54) is 11.8 Å². The highest BCUT2D eigenvalue weighted by Crippen LogP contribution is 2.29. The standard InChI is InChI=1S/C24H21ClN4OS/c1-16-6-12-21(13-7-16)29-23(18-8-10-19(25)11-9-18)27-28-24(29)31-15-22(30)26-20-5-3-4-17(2)14-20/h3-14H,15H2,1-2H3,(H,26,30). The predicted molar refractivity (Wildman–Crippen MR) is 127 cm³/mol. The number of amides is 1. The minimum atomic E-state index is -0.0953. The molecule has 0 fully saturated rings. The van der Waals surface area contributed by atoms with Crippen LogP contribution in [-0.4, -0.2) is 26.4 Å². The Kier molecular flexibility index (Phi) is 6.39. The van der Waals surface area contributed by atoms with Gasteiger partial charge in [0.2, 0.25) is 5.91 Å². The lowest BCUT2D eigenvalue weighted by Crippen LogP contribution is -2.14. The van der Waals surface area contributed by atoms with Gasteiger partial charge in [-0.05, 0) is 67.9 Å². The van der Waals surface area contributed by atoms with Crippen molar-refractivity contribution >= 4 is 35.0 Å². The predicted octanol–water partition coefficient (Wildman–Crippen LogP) is 5.94. The topological polar surface area (TPSA) is 59.8 Å². The number of anilines is 1. The van der Waals surface area contributed by atoms with E-state index in [2.05, 4.69) is 15.5 Å². The lowest BCUT2D eigenvalue weighted by molar-refractivity contribution is -0.113. The molecule has 0 aliphatic carbocycles. The van der Waals surface area contributed by atoms with E-state index in [1.807, 2.05) is 91.2 Å². The van der Waals surface area contributed by atoms with E-state index < -0.39 is 0 Å². The third-order valence-corrected chi connectivity index (χ3v) is 5.84. The molecule has 4 aromatic rings. The number of benzene rings is 3. The fourth-order valence-corrected chi connectivity index (χ4v) is 4.00. The van der Waals surface area contributed by atoms with E-state index in [-0.39, 0.29) is 11.7 Å². The van der Waals surface area contributed by atoms with Crippen molar-refractivity contribution in [3.8, 4) is 17.1 Å². The van der Waals surface area contributed by atoms with Crippen molar-refractivity contribution in [3.63, 3.8) is 0 Å². The number of halogens is 1. The summed E-state index contributed by atoms with van der Waals surface area (Å²) in [6, 6.07) is 23.3. The van der Waals surface area contributed by atoms with Gasteiger partial charge >= 0.3 is 0 Å². The van der Waals surface area contributed by atoms with Crippen molar-refractivity contribution in [3.05, 3.63) is 88.9 Å². The molecular weight excluding hydrogens is 428 g/mol. The monoisotopic (exact) mass is 448 g/mol. The van der Waals surface area contributed by atoms with E-state index in [0.29, 0.717) is 16.0 Å². The normalized spacial score (nSPS) is 10.8. The highest BCUT2D eigenvalue weighted by Gasteiger charge is 2.17. The summed E-state index contributed by atoms with van der Waals surface area (Å²) in [6.07, 6.45) is 0. The Morgan fingerprint density at radius 3 is 2.42 bits per heavy atom. The van der Waals surface area contributed by atoms with Gasteiger partial charge in [0, 0.05) is 22.0 Å². The van der Waals surface area contributed by atoms with Gasteiger partial charge in [-0.15, -0.1) is 10.2 Å². The minimum absolute atomic E-state index is 0.0953. The molecule has 0 aliphatic heterocycles. The lowest BCUT2D eigenvalue weighted by Gasteiger charge is -2.11. The largest absolute Gasteiger partial charge is 0.325 e. The van der Waals surface area contributed by atoms with Crippen molar-refractivity contribution in [1.29, 1.82) is 0 Å². The second-order valence-corrected chi connectivity index (χ2v) is 8.57. The number of carbonyl (C=O) groups excluding carboxylic acids is 1. The SMILES string of the molecule is Cc1ccc(-n2c(SCC(=O)Nc3cccc(C)c3)nnc2-c2ccc(Cl)cc2)cc1. The minimum Gasteiger partial charge on any atom is -0.325 e. The van der Waals surface area contributed by atoms with Gasteiger partial charge in [0.15, 0.2) is 11.0 Å². The van der Waals surface area contributed by atoms with E-state index in [4.69, 9.17) is 11.6 Å². The summed E-state index contributed by atoms with van der Waals surface area (Å²) >= 11 is 7.40. The summed E-state index contributed by atoms with van der Waals surface area (Å²) in [7, 11) is 0. The van der Waals surface area contributed by atoms with E-state index in [0.717, 1.165) is 28.1 Å². The Morgan fingerprint density at radius 2 is 1.71 bits per heavy atom. The third kappa shape index (κ3) is 5.16. The van der Waals surface area contributed by atoms with Crippen LogP contribution in [0.5, 0.6) is 0 Å². The van der Waals surface area contributed by atoms with Gasteiger partial charge in [-0.25, -0.2) is 0 Å². The zero-order valence-corrected chi connectivity index (χ0v) is 18.7. The average molecular weight is 449 g/mol. The summed E-state index contributed by atoms with van der Waals surface area (Å²) in [5, 5.41) is 13.0. The number of thioether (sulfide) groups is 1. The summed E-state index contributed by atoms with van der Waals surface area (Å²) < 4.78 is 1.97. The fraction of sp³-hybridized carbons (Fsp3) is 0.125. The number of aryl methyl sites for hydroxylation is 2. The first-order chi connectivity index (χ1) is 15.0. The van der Waals surface area contributed by atoms with Crippen LogP contribution >= 0.6 is 23.4 Å². The molecule has 0 atom stereocenters. The number of nitrogens with one attached hydrogen (secondary N) is 1. The van der Waals surface area contributed by atoms with Crippen LogP contribution in [0.25, 0.3) is 17.1 Å². The van der Waals surface area contributed by atoms with Crippen molar-refractivity contribution in [1.82, 2.24) is 14.8 Å². The molecule has 0 aliphatic rings. The smallest absolute Gasteiger partial charge is 0.234 e. The molecular formula is C24H21ClN4OS. The van der Waals surface area contributed by atoms with Crippen LogP contribution in [0.2, 0.25) is 5.02 Å². The first-order valence-electron chi connectivity index (χ1n) is 9.77. The van der Waals surface area contributed by atoms with Crippen molar-refractivity contribution < 1.29 is 4.79 Å². The van der Waals surface area contributed by atoms with E-state index >= 15 is 0 Å². The zero-order chi connectivity index (χ0) is 21.8. The van der Waals surface area contributed by atoms with E-state index in [9.17, 15) is 4.79 Å². The number of aromatic nitrogens is 3. The number of carbonyl (C=O) groups is 1. The van der Waals surface area contributed by atoms with Crippen LogP contribution in [0.15, 0.2) is 78.0 Å². The second kappa shape index (κ2) is 9.37. The maximum Gasteiger partial charge on any atom is 0.234 e. The lowest BCUT2D eigenvalue weighted by atomic mass is 10.2. The molecule has 0 saturated carbocycles. The van der Waals surface area contributed by atoms with Crippen molar-refractivity contribution in [2.24, 2.45) is 0 Å². The molecule has 0 spiro atoms. The Hall–Kier alpha value is -3.09. The summed E-state index contributed by atoms with van der Waals surface area (Å²) in [5.41, 5.74) is 4.87. The van der Waals surface area contributed by atoms with Gasteiger partial charge in [0.05, 0.1) is 5.75 Å². The molecule has 5 nitrogen and oxygen atoms in total. The summed E-state index contributed by atoms with van der Waals surface area (Å²) in [5.74, 6) is 0.822. The molecule has 0 radical (unpaired) electrons. The van der Waals surface area contributed by atoms with Crippen LogP contribution < -0.4 is 5.32 Å². The molecule has 1 N–H and O–H groups in total. The molecule has 0 bridgehead atoms. The van der Waals surface area contributed by atoms with Gasteiger partial charge in [-0.1, -0.05) is 53.2 Å². The van der Waals surface area contributed by atoms with Crippen LogP contribution in [0.4, 0.5) is 5.69 Å². The first-order valence-corrected chi connectivity index (χ1v) is 11.1. The number of hydrogen-bond acceptors (Lipinski definition) is 4. The molecule has 1 aromatic heterocycles. The molecule has 7 heteroatoms. The van der Waals surface area contributed by atoms with Gasteiger partial charge in [0.25, 0.3) is 0 Å². The Labute approximate surface area is 190 Å². The Morgan fingerprint density at radius 1 is 0.968 bits per heavy atom. The van der Waals surface area contributed by atoms with E-state index in [1.54, 1.807) is 0 Å². The highest BCUT2D eigenvalue weighted by molar-refractivity contribution is 7.99. The highest BCUT2D eigenvalue weighted by atomic mass is 35.5. The number of hydrogen-bond donors (Lipinski definition) is 1. The van der Waals surface area contributed by atoms with Crippen LogP contribution in [-0.2, 0) is 4.79 Å². The molecule has 1 heterocycles. The van der Waals surface area contributed by atoms with Gasteiger partial charge in [-0.3, -0.25) is 9.36 Å².